The summed E-state index contributed by atoms with van der Waals surface area (Å²) in [6, 6.07) is 16.3. The lowest BCUT2D eigenvalue weighted by Gasteiger charge is -2.37. The molecule has 136 valence electrons. The van der Waals surface area contributed by atoms with Gasteiger partial charge in [0.25, 0.3) is 0 Å². The molecule has 0 aromatic heterocycles. The molecule has 0 saturated carbocycles. The second-order valence-electron chi connectivity index (χ2n) is 6.56. The van der Waals surface area contributed by atoms with Crippen LogP contribution in [0.5, 0.6) is 0 Å². The van der Waals surface area contributed by atoms with Gasteiger partial charge in [-0.2, -0.15) is 0 Å². The largest absolute Gasteiger partial charge is 0.368 e. The van der Waals surface area contributed by atoms with Gasteiger partial charge in [0, 0.05) is 43.1 Å². The summed E-state index contributed by atoms with van der Waals surface area (Å²) in [5.74, 6) is 0.102. The average molecular weight is 368 g/mol. The first-order chi connectivity index (χ1) is 12.6. The zero-order valence-electron chi connectivity index (χ0n) is 15.4. The van der Waals surface area contributed by atoms with Crippen molar-refractivity contribution in [1.29, 1.82) is 0 Å². The SMILES string of the molecule is CCc1ccc(NC(=S)N2CCN(c3ccc(C(C)=O)cc3)CC2)cc1. The van der Waals surface area contributed by atoms with Crippen LogP contribution in [0.15, 0.2) is 48.5 Å². The highest BCUT2D eigenvalue weighted by molar-refractivity contribution is 7.80. The van der Waals surface area contributed by atoms with Crippen molar-refractivity contribution < 1.29 is 4.79 Å². The number of piperazine rings is 1. The summed E-state index contributed by atoms with van der Waals surface area (Å²) in [7, 11) is 0. The number of Topliss-reactive ketones (excluding diaryl/α,β-unsaturated/α-hetero) is 1. The highest BCUT2D eigenvalue weighted by Crippen LogP contribution is 2.18. The number of thiocarbonyl (C=S) groups is 1. The number of anilines is 2. The van der Waals surface area contributed by atoms with E-state index in [9.17, 15) is 4.79 Å². The summed E-state index contributed by atoms with van der Waals surface area (Å²) in [4.78, 5) is 15.9. The molecule has 3 rings (SSSR count). The van der Waals surface area contributed by atoms with E-state index in [1.807, 2.05) is 24.3 Å². The molecule has 0 atom stereocenters. The van der Waals surface area contributed by atoms with E-state index < -0.39 is 0 Å². The normalized spacial score (nSPS) is 14.2. The van der Waals surface area contributed by atoms with Crippen LogP contribution in [0, 0.1) is 0 Å². The number of nitrogens with zero attached hydrogens (tertiary/aromatic N) is 2. The van der Waals surface area contributed by atoms with Crippen LogP contribution in [0.2, 0.25) is 0 Å². The Morgan fingerprint density at radius 2 is 1.62 bits per heavy atom. The first-order valence-electron chi connectivity index (χ1n) is 9.07. The molecule has 26 heavy (non-hydrogen) atoms. The molecule has 1 heterocycles. The van der Waals surface area contributed by atoms with Crippen molar-refractivity contribution in [3.8, 4) is 0 Å². The van der Waals surface area contributed by atoms with Gasteiger partial charge in [0.15, 0.2) is 10.9 Å². The van der Waals surface area contributed by atoms with E-state index in [4.69, 9.17) is 12.2 Å². The lowest BCUT2D eigenvalue weighted by molar-refractivity contribution is 0.101. The summed E-state index contributed by atoms with van der Waals surface area (Å²) in [5.41, 5.74) is 4.27. The zero-order chi connectivity index (χ0) is 18.5. The first-order valence-corrected chi connectivity index (χ1v) is 9.48. The molecule has 0 bridgehead atoms. The molecule has 1 aliphatic heterocycles. The first kappa shape index (κ1) is 18.4. The summed E-state index contributed by atoms with van der Waals surface area (Å²) < 4.78 is 0. The summed E-state index contributed by atoms with van der Waals surface area (Å²) in [6.07, 6.45) is 1.04. The molecule has 1 aliphatic rings. The molecule has 1 saturated heterocycles. The smallest absolute Gasteiger partial charge is 0.173 e. The zero-order valence-corrected chi connectivity index (χ0v) is 16.2. The molecule has 0 radical (unpaired) electrons. The van der Waals surface area contributed by atoms with Crippen LogP contribution in [0.25, 0.3) is 0 Å². The number of carbonyl (C=O) groups is 1. The molecule has 2 aromatic carbocycles. The Morgan fingerprint density at radius 1 is 1.00 bits per heavy atom. The van der Waals surface area contributed by atoms with Crippen molar-refractivity contribution in [3.63, 3.8) is 0 Å². The average Bonchev–Trinajstić information content (AvgIpc) is 2.69. The van der Waals surface area contributed by atoms with E-state index in [1.165, 1.54) is 5.56 Å². The second kappa shape index (κ2) is 8.32. The van der Waals surface area contributed by atoms with Gasteiger partial charge in [0.05, 0.1) is 0 Å². The Balaban J connectivity index is 1.53. The fourth-order valence-corrected chi connectivity index (χ4v) is 3.40. The van der Waals surface area contributed by atoms with E-state index in [0.29, 0.717) is 0 Å². The molecule has 1 N–H and O–H groups in total. The number of hydrogen-bond acceptors (Lipinski definition) is 3. The van der Waals surface area contributed by atoms with Crippen LogP contribution in [-0.2, 0) is 6.42 Å². The Morgan fingerprint density at radius 3 is 2.15 bits per heavy atom. The van der Waals surface area contributed by atoms with Crippen LogP contribution in [0.3, 0.4) is 0 Å². The third-order valence-electron chi connectivity index (χ3n) is 4.82. The quantitative estimate of drug-likeness (QED) is 0.653. The second-order valence-corrected chi connectivity index (χ2v) is 6.94. The van der Waals surface area contributed by atoms with Gasteiger partial charge < -0.3 is 15.1 Å². The summed E-state index contributed by atoms with van der Waals surface area (Å²) in [5, 5.41) is 4.12. The van der Waals surface area contributed by atoms with E-state index in [1.54, 1.807) is 6.92 Å². The van der Waals surface area contributed by atoms with Crippen molar-refractivity contribution in [2.75, 3.05) is 36.4 Å². The standard InChI is InChI=1S/C21H25N3OS/c1-3-17-4-8-19(9-5-17)22-21(26)24-14-12-23(13-15-24)20-10-6-18(7-11-20)16(2)25/h4-11H,3,12-15H2,1-2H3,(H,22,26). The molecule has 0 unspecified atom stereocenters. The van der Waals surface area contributed by atoms with E-state index in [-0.39, 0.29) is 5.78 Å². The highest BCUT2D eigenvalue weighted by Gasteiger charge is 2.19. The monoisotopic (exact) mass is 367 g/mol. The maximum absolute atomic E-state index is 11.4. The van der Waals surface area contributed by atoms with Crippen LogP contribution >= 0.6 is 12.2 Å². The fourth-order valence-electron chi connectivity index (χ4n) is 3.10. The van der Waals surface area contributed by atoms with Gasteiger partial charge in [0.1, 0.15) is 0 Å². The molecule has 0 amide bonds. The lowest BCUT2D eigenvalue weighted by atomic mass is 10.1. The number of carbonyl (C=O) groups excluding carboxylic acids is 1. The molecule has 2 aromatic rings. The number of benzene rings is 2. The Labute approximate surface area is 160 Å². The third kappa shape index (κ3) is 4.41. The summed E-state index contributed by atoms with van der Waals surface area (Å²) in [6.45, 7) is 7.34. The topological polar surface area (TPSA) is 35.6 Å². The predicted octanol–water partition coefficient (Wildman–Crippen LogP) is 3.97. The minimum absolute atomic E-state index is 0.102. The van der Waals surface area contributed by atoms with Crippen molar-refractivity contribution >= 4 is 34.5 Å². The number of ketones is 1. The van der Waals surface area contributed by atoms with Gasteiger partial charge in [-0.05, 0) is 67.5 Å². The van der Waals surface area contributed by atoms with E-state index >= 15 is 0 Å². The van der Waals surface area contributed by atoms with E-state index in [2.05, 4.69) is 46.3 Å². The van der Waals surface area contributed by atoms with Gasteiger partial charge in [0.2, 0.25) is 0 Å². The van der Waals surface area contributed by atoms with Crippen LogP contribution in [0.4, 0.5) is 11.4 Å². The van der Waals surface area contributed by atoms with Gasteiger partial charge in [-0.25, -0.2) is 0 Å². The molecular weight excluding hydrogens is 342 g/mol. The molecule has 4 nitrogen and oxygen atoms in total. The molecule has 0 spiro atoms. The minimum Gasteiger partial charge on any atom is -0.368 e. The fraction of sp³-hybridized carbons (Fsp3) is 0.333. The predicted molar refractivity (Wildman–Crippen MR) is 112 cm³/mol. The Hall–Kier alpha value is -2.40. The number of aryl methyl sites for hydroxylation is 1. The third-order valence-corrected chi connectivity index (χ3v) is 5.18. The lowest BCUT2D eigenvalue weighted by Crippen LogP contribution is -2.50. The number of rotatable bonds is 4. The van der Waals surface area contributed by atoms with Crippen molar-refractivity contribution in [2.45, 2.75) is 20.3 Å². The van der Waals surface area contributed by atoms with Gasteiger partial charge in [-0.3, -0.25) is 4.79 Å². The Bertz CT molecular complexity index is 763. The van der Waals surface area contributed by atoms with Crippen LogP contribution in [0.1, 0.15) is 29.8 Å². The minimum atomic E-state index is 0.102. The highest BCUT2D eigenvalue weighted by atomic mass is 32.1. The molecular formula is C21H25N3OS. The van der Waals surface area contributed by atoms with Crippen molar-refractivity contribution in [2.24, 2.45) is 0 Å². The summed E-state index contributed by atoms with van der Waals surface area (Å²) >= 11 is 5.58. The van der Waals surface area contributed by atoms with Crippen molar-refractivity contribution in [1.82, 2.24) is 4.90 Å². The van der Waals surface area contributed by atoms with E-state index in [0.717, 1.165) is 54.7 Å². The van der Waals surface area contributed by atoms with Gasteiger partial charge in [-0.15, -0.1) is 0 Å². The number of hydrogen-bond donors (Lipinski definition) is 1. The van der Waals surface area contributed by atoms with Crippen LogP contribution < -0.4 is 10.2 Å². The maximum atomic E-state index is 11.4. The Kier molecular flexibility index (Phi) is 5.89. The molecule has 5 heteroatoms. The van der Waals surface area contributed by atoms with Gasteiger partial charge >= 0.3 is 0 Å². The maximum Gasteiger partial charge on any atom is 0.173 e. The van der Waals surface area contributed by atoms with Crippen LogP contribution in [-0.4, -0.2) is 42.0 Å². The molecule has 1 fully saturated rings. The van der Waals surface area contributed by atoms with Crippen molar-refractivity contribution in [3.05, 3.63) is 59.7 Å². The van der Waals surface area contributed by atoms with Gasteiger partial charge in [-0.1, -0.05) is 19.1 Å². The molecule has 0 aliphatic carbocycles. The number of nitrogens with one attached hydrogen (secondary N) is 1.